The molecule has 2 aromatic rings. The second-order valence-electron chi connectivity index (χ2n) is 5.27. The van der Waals surface area contributed by atoms with Crippen LogP contribution >= 0.6 is 0 Å². The Morgan fingerprint density at radius 2 is 1.89 bits per heavy atom. The summed E-state index contributed by atoms with van der Waals surface area (Å²) in [7, 11) is 0. The predicted octanol–water partition coefficient (Wildman–Crippen LogP) is 3.13. The molecule has 1 aromatic carbocycles. The molecule has 2 heterocycles. The molecule has 1 saturated heterocycles. The minimum Gasteiger partial charge on any atom is -0.398 e. The quantitative estimate of drug-likeness (QED) is 0.796. The van der Waals surface area contributed by atoms with Crippen LogP contribution in [0.25, 0.3) is 10.9 Å². The van der Waals surface area contributed by atoms with E-state index in [1.807, 2.05) is 12.1 Å². The van der Waals surface area contributed by atoms with Gasteiger partial charge in [-0.05, 0) is 43.6 Å². The molecule has 1 aliphatic rings. The van der Waals surface area contributed by atoms with Crippen LogP contribution in [-0.2, 0) is 6.54 Å². The average Bonchev–Trinajstić information content (AvgIpc) is 2.60. The second-order valence-corrected chi connectivity index (χ2v) is 5.27. The zero-order valence-corrected chi connectivity index (χ0v) is 10.8. The fourth-order valence-corrected chi connectivity index (χ4v) is 2.95. The largest absolute Gasteiger partial charge is 0.398 e. The van der Waals surface area contributed by atoms with Gasteiger partial charge in [0.15, 0.2) is 0 Å². The Morgan fingerprint density at radius 3 is 2.67 bits per heavy atom. The van der Waals surface area contributed by atoms with E-state index in [0.29, 0.717) is 0 Å². The van der Waals surface area contributed by atoms with E-state index < -0.39 is 0 Å². The highest BCUT2D eigenvalue weighted by Gasteiger charge is 2.13. The summed E-state index contributed by atoms with van der Waals surface area (Å²) in [4.78, 5) is 5.89. The normalized spacial score (nSPS) is 18.0. The van der Waals surface area contributed by atoms with Crippen molar-refractivity contribution >= 4 is 16.6 Å². The number of nitrogens with zero attached hydrogens (tertiary/aromatic N) is 1. The first-order valence-electron chi connectivity index (χ1n) is 6.91. The number of benzene rings is 1. The van der Waals surface area contributed by atoms with Crippen molar-refractivity contribution in [2.45, 2.75) is 32.2 Å². The van der Waals surface area contributed by atoms with Gasteiger partial charge in [0.1, 0.15) is 0 Å². The molecule has 0 spiro atoms. The fourth-order valence-electron chi connectivity index (χ4n) is 2.95. The van der Waals surface area contributed by atoms with Crippen LogP contribution < -0.4 is 5.73 Å². The Hall–Kier alpha value is -1.48. The molecule has 0 unspecified atom stereocenters. The maximum Gasteiger partial charge on any atom is 0.0478 e. The van der Waals surface area contributed by atoms with Gasteiger partial charge in [-0.15, -0.1) is 0 Å². The van der Waals surface area contributed by atoms with E-state index in [9.17, 15) is 0 Å². The molecule has 3 heteroatoms. The molecule has 0 amide bonds. The smallest absolute Gasteiger partial charge is 0.0478 e. The molecule has 18 heavy (non-hydrogen) atoms. The molecule has 1 fully saturated rings. The number of aromatic amines is 1. The van der Waals surface area contributed by atoms with Crippen molar-refractivity contribution in [2.24, 2.45) is 0 Å². The number of rotatable bonds is 2. The maximum atomic E-state index is 6.10. The molecule has 3 N–H and O–H groups in total. The van der Waals surface area contributed by atoms with Gasteiger partial charge in [0, 0.05) is 29.3 Å². The highest BCUT2D eigenvalue weighted by atomic mass is 15.1. The molecule has 1 aliphatic heterocycles. The fraction of sp³-hybridized carbons (Fsp3) is 0.467. The summed E-state index contributed by atoms with van der Waals surface area (Å²) >= 11 is 0. The third kappa shape index (κ3) is 2.23. The number of likely N-dealkylation sites (tertiary alicyclic amines) is 1. The average molecular weight is 243 g/mol. The van der Waals surface area contributed by atoms with E-state index in [2.05, 4.69) is 22.1 Å². The zero-order chi connectivity index (χ0) is 12.4. The first-order valence-corrected chi connectivity index (χ1v) is 6.91. The lowest BCUT2D eigenvalue weighted by Crippen LogP contribution is -2.23. The van der Waals surface area contributed by atoms with Gasteiger partial charge >= 0.3 is 0 Å². The molecule has 0 bridgehead atoms. The molecule has 0 radical (unpaired) electrons. The number of H-pyrrole nitrogens is 1. The standard InChI is InChI=1S/C15H21N3/c16-13-6-5-7-14-15(13)12(10-17-14)11-18-8-3-1-2-4-9-18/h5-7,10,17H,1-4,8-9,11,16H2. The van der Waals surface area contributed by atoms with Crippen molar-refractivity contribution in [1.82, 2.24) is 9.88 Å². The number of hydrogen-bond donors (Lipinski definition) is 2. The van der Waals surface area contributed by atoms with Gasteiger partial charge in [0.05, 0.1) is 0 Å². The topological polar surface area (TPSA) is 45.1 Å². The van der Waals surface area contributed by atoms with Gasteiger partial charge < -0.3 is 10.7 Å². The molecule has 0 saturated carbocycles. The van der Waals surface area contributed by atoms with E-state index in [1.54, 1.807) is 0 Å². The van der Waals surface area contributed by atoms with Crippen molar-refractivity contribution in [3.63, 3.8) is 0 Å². The minimum absolute atomic E-state index is 0.888. The Labute approximate surface area is 108 Å². The summed E-state index contributed by atoms with van der Waals surface area (Å²) in [5.74, 6) is 0. The second kappa shape index (κ2) is 5.02. The summed E-state index contributed by atoms with van der Waals surface area (Å²) in [6.07, 6.45) is 7.54. The van der Waals surface area contributed by atoms with Crippen LogP contribution in [0.4, 0.5) is 5.69 Å². The monoisotopic (exact) mass is 243 g/mol. The number of fused-ring (bicyclic) bond motifs is 1. The number of nitrogen functional groups attached to an aromatic ring is 1. The summed E-state index contributed by atoms with van der Waals surface area (Å²) in [6.45, 7) is 3.47. The first kappa shape index (κ1) is 11.6. The van der Waals surface area contributed by atoms with Crippen molar-refractivity contribution in [3.8, 4) is 0 Å². The van der Waals surface area contributed by atoms with Gasteiger partial charge in [-0.1, -0.05) is 18.9 Å². The van der Waals surface area contributed by atoms with E-state index in [-0.39, 0.29) is 0 Å². The highest BCUT2D eigenvalue weighted by Crippen LogP contribution is 2.26. The van der Waals surface area contributed by atoms with Crippen molar-refractivity contribution in [1.29, 1.82) is 0 Å². The maximum absolute atomic E-state index is 6.10. The zero-order valence-electron chi connectivity index (χ0n) is 10.8. The van der Waals surface area contributed by atoms with Gasteiger partial charge in [-0.25, -0.2) is 0 Å². The van der Waals surface area contributed by atoms with Crippen LogP contribution in [0.5, 0.6) is 0 Å². The van der Waals surface area contributed by atoms with Crippen molar-refractivity contribution in [2.75, 3.05) is 18.8 Å². The van der Waals surface area contributed by atoms with Gasteiger partial charge in [0.25, 0.3) is 0 Å². The van der Waals surface area contributed by atoms with E-state index >= 15 is 0 Å². The number of anilines is 1. The summed E-state index contributed by atoms with van der Waals surface area (Å²) in [6, 6.07) is 6.09. The van der Waals surface area contributed by atoms with Gasteiger partial charge in [-0.3, -0.25) is 4.90 Å². The Morgan fingerprint density at radius 1 is 1.11 bits per heavy atom. The lowest BCUT2D eigenvalue weighted by molar-refractivity contribution is 0.278. The first-order chi connectivity index (χ1) is 8.84. The van der Waals surface area contributed by atoms with Crippen LogP contribution in [0.1, 0.15) is 31.2 Å². The third-order valence-corrected chi connectivity index (χ3v) is 3.91. The van der Waals surface area contributed by atoms with E-state index in [1.165, 1.54) is 49.7 Å². The van der Waals surface area contributed by atoms with Crippen LogP contribution in [0.3, 0.4) is 0 Å². The number of aromatic nitrogens is 1. The van der Waals surface area contributed by atoms with Gasteiger partial charge in [0.2, 0.25) is 0 Å². The molecule has 0 aliphatic carbocycles. The van der Waals surface area contributed by atoms with Crippen LogP contribution in [0.2, 0.25) is 0 Å². The summed E-state index contributed by atoms with van der Waals surface area (Å²) in [5.41, 5.74) is 9.48. The third-order valence-electron chi connectivity index (χ3n) is 3.91. The Bertz CT molecular complexity index is 522. The van der Waals surface area contributed by atoms with Crippen molar-refractivity contribution in [3.05, 3.63) is 30.0 Å². The number of nitrogens with one attached hydrogen (secondary N) is 1. The molecule has 1 aromatic heterocycles. The van der Waals surface area contributed by atoms with E-state index in [0.717, 1.165) is 17.7 Å². The molecular weight excluding hydrogens is 222 g/mol. The van der Waals surface area contributed by atoms with Crippen LogP contribution in [0.15, 0.2) is 24.4 Å². The Kier molecular flexibility index (Phi) is 3.24. The van der Waals surface area contributed by atoms with Crippen molar-refractivity contribution < 1.29 is 0 Å². The SMILES string of the molecule is Nc1cccc2[nH]cc(CN3CCCCCC3)c12. The summed E-state index contributed by atoms with van der Waals surface area (Å²) in [5, 5.41) is 1.21. The number of hydrogen-bond acceptors (Lipinski definition) is 2. The minimum atomic E-state index is 0.888. The Balaban J connectivity index is 1.85. The van der Waals surface area contributed by atoms with Gasteiger partial charge in [-0.2, -0.15) is 0 Å². The predicted molar refractivity (Wildman–Crippen MR) is 76.5 cm³/mol. The molecular formula is C15H21N3. The highest BCUT2D eigenvalue weighted by molar-refractivity contribution is 5.93. The lowest BCUT2D eigenvalue weighted by atomic mass is 10.1. The van der Waals surface area contributed by atoms with E-state index in [4.69, 9.17) is 5.73 Å². The lowest BCUT2D eigenvalue weighted by Gasteiger charge is -2.19. The van der Waals surface area contributed by atoms with Crippen LogP contribution in [0, 0.1) is 0 Å². The molecule has 96 valence electrons. The number of nitrogens with two attached hydrogens (primary N) is 1. The molecule has 3 nitrogen and oxygen atoms in total. The van der Waals surface area contributed by atoms with Crippen LogP contribution in [-0.4, -0.2) is 23.0 Å². The molecule has 3 rings (SSSR count). The summed E-state index contributed by atoms with van der Waals surface area (Å²) < 4.78 is 0. The molecule has 0 atom stereocenters.